The van der Waals surface area contributed by atoms with Crippen molar-refractivity contribution in [3.05, 3.63) is 59.7 Å². The number of hydrogen-bond donors (Lipinski definition) is 2. The van der Waals surface area contributed by atoms with E-state index < -0.39 is 0 Å². The van der Waals surface area contributed by atoms with Gasteiger partial charge in [0, 0.05) is 25.7 Å². The Morgan fingerprint density at radius 3 is 2.32 bits per heavy atom. The number of hydrogen-bond acceptors (Lipinski definition) is 3. The first-order valence-corrected chi connectivity index (χ1v) is 9.61. The van der Waals surface area contributed by atoms with Gasteiger partial charge in [-0.15, -0.1) is 24.0 Å². The molecule has 0 heterocycles. The summed E-state index contributed by atoms with van der Waals surface area (Å²) in [4.78, 5) is 4.32. The van der Waals surface area contributed by atoms with Gasteiger partial charge in [-0.3, -0.25) is 4.99 Å². The lowest BCUT2D eigenvalue weighted by Crippen LogP contribution is -2.38. The Balaban J connectivity index is 0.00000280. The molecule has 2 N–H and O–H groups in total. The van der Waals surface area contributed by atoms with Gasteiger partial charge >= 0.3 is 0 Å². The number of para-hydroxylation sites is 2. The molecule has 0 spiro atoms. The van der Waals surface area contributed by atoms with E-state index >= 15 is 0 Å². The van der Waals surface area contributed by atoms with Crippen molar-refractivity contribution in [1.29, 1.82) is 0 Å². The van der Waals surface area contributed by atoms with Crippen molar-refractivity contribution in [2.75, 3.05) is 20.7 Å². The van der Waals surface area contributed by atoms with Gasteiger partial charge in [0.1, 0.15) is 11.5 Å². The molecule has 2 aromatic carbocycles. The van der Waals surface area contributed by atoms with E-state index in [0.717, 1.165) is 48.8 Å². The fourth-order valence-electron chi connectivity index (χ4n) is 3.06. The molecule has 0 aliphatic heterocycles. The van der Waals surface area contributed by atoms with Gasteiger partial charge in [0.2, 0.25) is 0 Å². The number of aliphatic imine (C=N–C) groups is 1. The van der Waals surface area contributed by atoms with Crippen LogP contribution >= 0.6 is 24.0 Å². The molecular weight excluding hydrogens is 465 g/mol. The molecule has 0 radical (unpaired) electrons. The van der Waals surface area contributed by atoms with Crippen LogP contribution in [0.2, 0.25) is 0 Å². The molecule has 5 nitrogen and oxygen atoms in total. The molecule has 1 aliphatic rings. The van der Waals surface area contributed by atoms with Crippen LogP contribution < -0.4 is 20.1 Å². The van der Waals surface area contributed by atoms with Gasteiger partial charge in [-0.2, -0.15) is 0 Å². The zero-order valence-corrected chi connectivity index (χ0v) is 18.9. The summed E-state index contributed by atoms with van der Waals surface area (Å²) >= 11 is 0. The molecule has 1 aliphatic carbocycles. The topological polar surface area (TPSA) is 54.9 Å². The van der Waals surface area contributed by atoms with Crippen LogP contribution in [0.1, 0.15) is 30.4 Å². The van der Waals surface area contributed by atoms with Gasteiger partial charge < -0.3 is 20.1 Å². The zero-order valence-electron chi connectivity index (χ0n) is 16.6. The molecular formula is C22H30IN3O2. The average Bonchev–Trinajstić information content (AvgIpc) is 2.68. The molecule has 0 amide bonds. The van der Waals surface area contributed by atoms with Gasteiger partial charge in [0.05, 0.1) is 13.2 Å². The van der Waals surface area contributed by atoms with E-state index in [1.54, 1.807) is 14.2 Å². The average molecular weight is 495 g/mol. The molecule has 0 unspecified atom stereocenters. The highest BCUT2D eigenvalue weighted by Crippen LogP contribution is 2.27. The van der Waals surface area contributed by atoms with E-state index in [1.165, 1.54) is 12.0 Å². The second-order valence-corrected chi connectivity index (χ2v) is 6.69. The largest absolute Gasteiger partial charge is 0.496 e. The number of guanidine groups is 1. The van der Waals surface area contributed by atoms with Crippen LogP contribution in [0, 0.1) is 0 Å². The lowest BCUT2D eigenvalue weighted by Gasteiger charge is -2.27. The van der Waals surface area contributed by atoms with Crippen molar-refractivity contribution in [3.8, 4) is 11.5 Å². The predicted molar refractivity (Wildman–Crippen MR) is 125 cm³/mol. The summed E-state index contributed by atoms with van der Waals surface area (Å²) < 4.78 is 11.5. The van der Waals surface area contributed by atoms with Gasteiger partial charge in [0.25, 0.3) is 0 Å². The number of nitrogens with zero attached hydrogens (tertiary/aromatic N) is 1. The quantitative estimate of drug-likeness (QED) is 0.328. The number of ether oxygens (including phenoxy) is 2. The highest BCUT2D eigenvalue weighted by atomic mass is 127. The highest BCUT2D eigenvalue weighted by molar-refractivity contribution is 14.0. The molecule has 0 saturated heterocycles. The summed E-state index contributed by atoms with van der Waals surface area (Å²) in [6.07, 6.45) is 4.84. The lowest BCUT2D eigenvalue weighted by molar-refractivity contribution is 0.119. The second kappa shape index (κ2) is 11.8. The van der Waals surface area contributed by atoms with Crippen molar-refractivity contribution < 1.29 is 9.47 Å². The summed E-state index contributed by atoms with van der Waals surface area (Å²) in [6.45, 7) is 1.46. The molecule has 6 heteroatoms. The summed E-state index contributed by atoms with van der Waals surface area (Å²) in [6, 6.07) is 16.3. The Kier molecular flexibility index (Phi) is 9.40. The molecule has 152 valence electrons. The molecule has 28 heavy (non-hydrogen) atoms. The third-order valence-corrected chi connectivity index (χ3v) is 4.87. The first-order chi connectivity index (χ1) is 13.3. The fraction of sp³-hybridized carbons (Fsp3) is 0.409. The Bertz CT molecular complexity index is 763. The first kappa shape index (κ1) is 22.3. The fourth-order valence-corrected chi connectivity index (χ4v) is 3.06. The van der Waals surface area contributed by atoms with Gasteiger partial charge in [-0.05, 0) is 43.4 Å². The molecule has 1 fully saturated rings. The Labute approximate surface area is 184 Å². The van der Waals surface area contributed by atoms with E-state index in [2.05, 4.69) is 27.8 Å². The van der Waals surface area contributed by atoms with Crippen LogP contribution in [-0.4, -0.2) is 32.8 Å². The minimum absolute atomic E-state index is 0. The summed E-state index contributed by atoms with van der Waals surface area (Å²) in [7, 11) is 3.49. The van der Waals surface area contributed by atoms with Crippen LogP contribution in [-0.2, 0) is 13.0 Å². The maximum Gasteiger partial charge on any atom is 0.191 e. The van der Waals surface area contributed by atoms with Crippen molar-refractivity contribution in [2.24, 2.45) is 4.99 Å². The lowest BCUT2D eigenvalue weighted by atomic mass is 9.96. The van der Waals surface area contributed by atoms with Gasteiger partial charge in [-0.1, -0.05) is 36.4 Å². The van der Waals surface area contributed by atoms with E-state index in [9.17, 15) is 0 Å². The van der Waals surface area contributed by atoms with Crippen molar-refractivity contribution >= 4 is 29.9 Å². The third kappa shape index (κ3) is 6.29. The summed E-state index contributed by atoms with van der Waals surface area (Å²) in [5.74, 6) is 2.67. The smallest absolute Gasteiger partial charge is 0.191 e. The number of nitrogens with one attached hydrogen (secondary N) is 2. The van der Waals surface area contributed by atoms with Gasteiger partial charge in [0.15, 0.2) is 5.96 Å². The Hall–Kier alpha value is -1.96. The highest BCUT2D eigenvalue weighted by Gasteiger charge is 2.20. The second-order valence-electron chi connectivity index (χ2n) is 6.69. The van der Waals surface area contributed by atoms with Crippen molar-refractivity contribution in [2.45, 2.75) is 38.3 Å². The van der Waals surface area contributed by atoms with Crippen LogP contribution in [0.25, 0.3) is 0 Å². The maximum absolute atomic E-state index is 6.10. The molecule has 1 saturated carbocycles. The number of methoxy groups -OCH3 is 1. The maximum atomic E-state index is 6.10. The SMILES string of the molecule is CN=C(NCCc1ccccc1OC)NCc1ccccc1OC1CCC1.I. The number of benzene rings is 2. The molecule has 2 aromatic rings. The first-order valence-electron chi connectivity index (χ1n) is 9.61. The van der Waals surface area contributed by atoms with Crippen molar-refractivity contribution in [1.82, 2.24) is 10.6 Å². The molecule has 0 atom stereocenters. The summed E-state index contributed by atoms with van der Waals surface area (Å²) in [5, 5.41) is 6.74. The minimum Gasteiger partial charge on any atom is -0.496 e. The van der Waals surface area contributed by atoms with Crippen LogP contribution in [0.15, 0.2) is 53.5 Å². The van der Waals surface area contributed by atoms with E-state index in [-0.39, 0.29) is 24.0 Å². The molecule has 0 aromatic heterocycles. The standard InChI is InChI=1S/C22H29N3O2.HI/c1-23-22(24-15-14-17-8-3-5-12-20(17)26-2)25-16-18-9-4-6-13-21(18)27-19-10-7-11-19;/h3-6,8-9,12-13,19H,7,10-11,14-16H2,1-2H3,(H2,23,24,25);1H. The van der Waals surface area contributed by atoms with Gasteiger partial charge in [-0.25, -0.2) is 0 Å². The van der Waals surface area contributed by atoms with Crippen molar-refractivity contribution in [3.63, 3.8) is 0 Å². The van der Waals surface area contributed by atoms with Crippen LogP contribution in [0.3, 0.4) is 0 Å². The zero-order chi connectivity index (χ0) is 18.9. The Morgan fingerprint density at radius 2 is 1.68 bits per heavy atom. The molecule has 3 rings (SSSR count). The minimum atomic E-state index is 0. The third-order valence-electron chi connectivity index (χ3n) is 4.87. The monoisotopic (exact) mass is 495 g/mol. The van der Waals surface area contributed by atoms with E-state index in [0.29, 0.717) is 12.6 Å². The number of halogens is 1. The predicted octanol–water partition coefficient (Wildman–Crippen LogP) is 4.15. The summed E-state index contributed by atoms with van der Waals surface area (Å²) in [5.41, 5.74) is 2.33. The normalized spacial score (nSPS) is 13.9. The Morgan fingerprint density at radius 1 is 1.00 bits per heavy atom. The number of rotatable bonds is 8. The molecule has 0 bridgehead atoms. The van der Waals surface area contributed by atoms with E-state index in [1.807, 2.05) is 36.4 Å². The van der Waals surface area contributed by atoms with Crippen LogP contribution in [0.5, 0.6) is 11.5 Å². The van der Waals surface area contributed by atoms with E-state index in [4.69, 9.17) is 9.47 Å². The van der Waals surface area contributed by atoms with Crippen LogP contribution in [0.4, 0.5) is 0 Å².